The number of hydrogen-bond donors (Lipinski definition) is 2. The zero-order chi connectivity index (χ0) is 9.97. The van der Waals surface area contributed by atoms with Crippen molar-refractivity contribution >= 4 is 15.9 Å². The number of H-pyrrole nitrogens is 1. The molecule has 0 radical (unpaired) electrons. The Balaban J connectivity index is 2.07. The normalized spacial score (nSPS) is 21.0. The van der Waals surface area contributed by atoms with Crippen molar-refractivity contribution in [1.29, 1.82) is 0 Å². The van der Waals surface area contributed by atoms with Gasteiger partial charge in [-0.25, -0.2) is 0 Å². The van der Waals surface area contributed by atoms with Crippen molar-refractivity contribution in [2.24, 2.45) is 5.92 Å². The zero-order valence-corrected chi connectivity index (χ0v) is 9.97. The van der Waals surface area contributed by atoms with E-state index in [1.165, 1.54) is 18.5 Å². The Morgan fingerprint density at radius 3 is 2.79 bits per heavy atom. The highest BCUT2D eigenvalue weighted by Gasteiger charge is 2.23. The molecule has 2 rings (SSSR count). The second kappa shape index (κ2) is 4.45. The van der Waals surface area contributed by atoms with Crippen LogP contribution in [0.4, 0.5) is 0 Å². The van der Waals surface area contributed by atoms with Crippen molar-refractivity contribution < 1.29 is 0 Å². The molecule has 1 aliphatic heterocycles. The largest absolute Gasteiger partial charge is 0.317 e. The fourth-order valence-corrected chi connectivity index (χ4v) is 2.73. The maximum Gasteiger partial charge on any atom is 0.0632 e. The number of rotatable bonds is 2. The van der Waals surface area contributed by atoms with Crippen LogP contribution >= 0.6 is 15.9 Å². The summed E-state index contributed by atoms with van der Waals surface area (Å²) < 4.78 is 1.11. The summed E-state index contributed by atoms with van der Waals surface area (Å²) in [6.45, 7) is 4.59. The second-order valence-electron chi connectivity index (χ2n) is 4.01. The SMILES string of the molecule is CC(c1[nH]ncc1Br)C1CCNCC1. The molecule has 1 unspecified atom stereocenters. The first kappa shape index (κ1) is 10.2. The molecule has 2 N–H and O–H groups in total. The molecule has 78 valence electrons. The summed E-state index contributed by atoms with van der Waals surface area (Å²) in [6.07, 6.45) is 4.38. The minimum absolute atomic E-state index is 0.578. The van der Waals surface area contributed by atoms with Gasteiger partial charge >= 0.3 is 0 Å². The summed E-state index contributed by atoms with van der Waals surface area (Å²) in [5, 5.41) is 10.5. The van der Waals surface area contributed by atoms with Crippen molar-refractivity contribution in [2.75, 3.05) is 13.1 Å². The number of nitrogens with one attached hydrogen (secondary N) is 2. The molecule has 0 aromatic carbocycles. The highest BCUT2D eigenvalue weighted by Crippen LogP contribution is 2.32. The smallest absolute Gasteiger partial charge is 0.0632 e. The molecular weight excluding hydrogens is 242 g/mol. The number of aromatic amines is 1. The first-order valence-electron chi connectivity index (χ1n) is 5.18. The van der Waals surface area contributed by atoms with Crippen LogP contribution in [0.5, 0.6) is 0 Å². The first-order chi connectivity index (χ1) is 6.79. The van der Waals surface area contributed by atoms with Gasteiger partial charge in [0.1, 0.15) is 0 Å². The number of halogens is 1. The Morgan fingerprint density at radius 2 is 2.21 bits per heavy atom. The van der Waals surface area contributed by atoms with E-state index in [1.54, 1.807) is 0 Å². The molecule has 1 aromatic heterocycles. The molecule has 1 aromatic rings. The number of nitrogens with zero attached hydrogens (tertiary/aromatic N) is 1. The molecule has 2 heterocycles. The van der Waals surface area contributed by atoms with E-state index in [1.807, 2.05) is 6.20 Å². The van der Waals surface area contributed by atoms with Gasteiger partial charge in [-0.1, -0.05) is 6.92 Å². The van der Waals surface area contributed by atoms with E-state index in [2.05, 4.69) is 38.4 Å². The number of hydrogen-bond acceptors (Lipinski definition) is 2. The quantitative estimate of drug-likeness (QED) is 0.854. The van der Waals surface area contributed by atoms with Gasteiger partial charge in [0.15, 0.2) is 0 Å². The average Bonchev–Trinajstić information content (AvgIpc) is 2.65. The standard InChI is InChI=1S/C10H16BrN3/c1-7(8-2-4-12-5-3-8)10-9(11)6-13-14-10/h6-8,12H,2-5H2,1H3,(H,13,14). The Hall–Kier alpha value is -0.350. The third kappa shape index (κ3) is 2.01. The zero-order valence-electron chi connectivity index (χ0n) is 8.39. The molecule has 0 aliphatic carbocycles. The number of aromatic nitrogens is 2. The van der Waals surface area contributed by atoms with Gasteiger partial charge in [-0.05, 0) is 47.8 Å². The van der Waals surface area contributed by atoms with Gasteiger partial charge < -0.3 is 5.32 Å². The van der Waals surface area contributed by atoms with Gasteiger partial charge in [-0.3, -0.25) is 5.10 Å². The summed E-state index contributed by atoms with van der Waals surface area (Å²) in [4.78, 5) is 0. The maximum absolute atomic E-state index is 4.05. The van der Waals surface area contributed by atoms with Crippen molar-refractivity contribution in [1.82, 2.24) is 15.5 Å². The highest BCUT2D eigenvalue weighted by molar-refractivity contribution is 9.10. The Bertz CT molecular complexity index is 291. The Kier molecular flexibility index (Phi) is 3.23. The Labute approximate surface area is 92.8 Å². The van der Waals surface area contributed by atoms with Gasteiger partial charge in [0.05, 0.1) is 16.4 Å². The molecule has 3 nitrogen and oxygen atoms in total. The van der Waals surface area contributed by atoms with Crippen LogP contribution < -0.4 is 5.32 Å². The fraction of sp³-hybridized carbons (Fsp3) is 0.700. The minimum atomic E-state index is 0.578. The predicted octanol–water partition coefficient (Wildman–Crippen LogP) is 2.28. The van der Waals surface area contributed by atoms with Crippen LogP contribution in [0.3, 0.4) is 0 Å². The van der Waals surface area contributed by atoms with E-state index in [4.69, 9.17) is 0 Å². The van der Waals surface area contributed by atoms with Crippen LogP contribution in [0.2, 0.25) is 0 Å². The lowest BCUT2D eigenvalue weighted by molar-refractivity contribution is 0.326. The third-order valence-electron chi connectivity index (χ3n) is 3.17. The van der Waals surface area contributed by atoms with E-state index in [9.17, 15) is 0 Å². The van der Waals surface area contributed by atoms with E-state index < -0.39 is 0 Å². The molecule has 4 heteroatoms. The van der Waals surface area contributed by atoms with Gasteiger partial charge in [-0.2, -0.15) is 5.10 Å². The van der Waals surface area contributed by atoms with Crippen molar-refractivity contribution in [3.8, 4) is 0 Å². The van der Waals surface area contributed by atoms with Gasteiger partial charge in [-0.15, -0.1) is 0 Å². The van der Waals surface area contributed by atoms with Crippen LogP contribution in [0.25, 0.3) is 0 Å². The summed E-state index contributed by atoms with van der Waals surface area (Å²) in [5.74, 6) is 1.36. The summed E-state index contributed by atoms with van der Waals surface area (Å²) >= 11 is 3.52. The second-order valence-corrected chi connectivity index (χ2v) is 4.86. The molecule has 1 fully saturated rings. The molecule has 0 amide bonds. The molecule has 1 atom stereocenters. The summed E-state index contributed by atoms with van der Waals surface area (Å²) in [5.41, 5.74) is 1.25. The molecule has 0 spiro atoms. The third-order valence-corrected chi connectivity index (χ3v) is 3.80. The van der Waals surface area contributed by atoms with E-state index in [-0.39, 0.29) is 0 Å². The van der Waals surface area contributed by atoms with Crippen LogP contribution in [0, 0.1) is 5.92 Å². The Morgan fingerprint density at radius 1 is 1.50 bits per heavy atom. The van der Waals surface area contributed by atoms with Gasteiger partial charge in [0.25, 0.3) is 0 Å². The first-order valence-corrected chi connectivity index (χ1v) is 5.98. The summed E-state index contributed by atoms with van der Waals surface area (Å²) in [6, 6.07) is 0. The lowest BCUT2D eigenvalue weighted by Gasteiger charge is -2.27. The topological polar surface area (TPSA) is 40.7 Å². The van der Waals surface area contributed by atoms with Crippen molar-refractivity contribution in [3.63, 3.8) is 0 Å². The lowest BCUT2D eigenvalue weighted by Crippen LogP contribution is -2.30. The lowest BCUT2D eigenvalue weighted by atomic mass is 9.84. The van der Waals surface area contributed by atoms with Crippen LogP contribution in [-0.4, -0.2) is 23.3 Å². The van der Waals surface area contributed by atoms with E-state index >= 15 is 0 Å². The highest BCUT2D eigenvalue weighted by atomic mass is 79.9. The van der Waals surface area contributed by atoms with E-state index in [0.717, 1.165) is 23.5 Å². The number of piperidine rings is 1. The maximum atomic E-state index is 4.05. The molecule has 0 bridgehead atoms. The fourth-order valence-electron chi connectivity index (χ4n) is 2.18. The minimum Gasteiger partial charge on any atom is -0.317 e. The monoisotopic (exact) mass is 257 g/mol. The van der Waals surface area contributed by atoms with Gasteiger partial charge in [0, 0.05) is 5.92 Å². The average molecular weight is 258 g/mol. The molecule has 14 heavy (non-hydrogen) atoms. The van der Waals surface area contributed by atoms with Crippen LogP contribution in [0.15, 0.2) is 10.7 Å². The van der Waals surface area contributed by atoms with E-state index in [0.29, 0.717) is 5.92 Å². The van der Waals surface area contributed by atoms with Crippen LogP contribution in [-0.2, 0) is 0 Å². The van der Waals surface area contributed by atoms with Crippen molar-refractivity contribution in [3.05, 3.63) is 16.4 Å². The summed E-state index contributed by atoms with van der Waals surface area (Å²) in [7, 11) is 0. The molecule has 1 aliphatic rings. The molecule has 0 saturated carbocycles. The predicted molar refractivity (Wildman–Crippen MR) is 60.3 cm³/mol. The molecule has 1 saturated heterocycles. The van der Waals surface area contributed by atoms with Crippen molar-refractivity contribution in [2.45, 2.75) is 25.7 Å². The van der Waals surface area contributed by atoms with Crippen LogP contribution in [0.1, 0.15) is 31.4 Å². The van der Waals surface area contributed by atoms with Gasteiger partial charge in [0.2, 0.25) is 0 Å². The molecular formula is C10H16BrN3.